The van der Waals surface area contributed by atoms with Crippen LogP contribution in [0.25, 0.3) is 0 Å². The summed E-state index contributed by atoms with van der Waals surface area (Å²) in [6, 6.07) is 3.54. The Morgan fingerprint density at radius 3 is 2.84 bits per heavy atom. The average molecular weight is 265 g/mol. The second-order valence-corrected chi connectivity index (χ2v) is 4.85. The molecule has 0 aromatic carbocycles. The molecule has 106 valence electrons. The highest BCUT2D eigenvalue weighted by Gasteiger charge is 2.13. The van der Waals surface area contributed by atoms with E-state index >= 15 is 0 Å². The molecule has 5 nitrogen and oxygen atoms in total. The minimum atomic E-state index is 0.436. The van der Waals surface area contributed by atoms with Crippen molar-refractivity contribution in [3.8, 4) is 5.88 Å². The Labute approximate surface area is 114 Å². The predicted molar refractivity (Wildman–Crippen MR) is 76.5 cm³/mol. The molecule has 1 aliphatic rings. The summed E-state index contributed by atoms with van der Waals surface area (Å²) >= 11 is 0. The molecule has 1 aromatic rings. The highest BCUT2D eigenvalue weighted by molar-refractivity contribution is 5.61. The normalized spacial score (nSPS) is 16.3. The predicted octanol–water partition coefficient (Wildman–Crippen LogP) is 2.43. The molecule has 0 saturated heterocycles. The van der Waals surface area contributed by atoms with Crippen LogP contribution in [-0.4, -0.2) is 31.3 Å². The van der Waals surface area contributed by atoms with Crippen molar-refractivity contribution in [1.82, 2.24) is 4.98 Å². The van der Waals surface area contributed by atoms with Gasteiger partial charge in [-0.3, -0.25) is 0 Å². The van der Waals surface area contributed by atoms with Gasteiger partial charge in [0, 0.05) is 12.6 Å². The van der Waals surface area contributed by atoms with E-state index in [-0.39, 0.29) is 0 Å². The third kappa shape index (κ3) is 4.28. The van der Waals surface area contributed by atoms with Gasteiger partial charge in [-0.05, 0) is 18.9 Å². The highest BCUT2D eigenvalue weighted by atomic mass is 16.5. The first-order valence-corrected chi connectivity index (χ1v) is 6.95. The van der Waals surface area contributed by atoms with Gasteiger partial charge in [0.15, 0.2) is 5.82 Å². The Morgan fingerprint density at radius 2 is 2.11 bits per heavy atom. The quantitative estimate of drug-likeness (QED) is 0.773. The van der Waals surface area contributed by atoms with E-state index in [2.05, 4.69) is 10.3 Å². The van der Waals surface area contributed by atoms with Crippen LogP contribution in [-0.2, 0) is 4.74 Å². The number of hydrogen-bond acceptors (Lipinski definition) is 5. The van der Waals surface area contributed by atoms with Crippen molar-refractivity contribution in [2.75, 3.05) is 31.3 Å². The second-order valence-electron chi connectivity index (χ2n) is 4.85. The number of nitrogens with one attached hydrogen (secondary N) is 1. The number of rotatable bonds is 6. The molecule has 1 saturated carbocycles. The molecule has 0 radical (unpaired) electrons. The number of nitrogens with two attached hydrogens (primary N) is 1. The molecule has 0 amide bonds. The zero-order chi connectivity index (χ0) is 13.5. The third-order valence-electron chi connectivity index (χ3n) is 3.41. The van der Waals surface area contributed by atoms with Crippen LogP contribution >= 0.6 is 0 Å². The number of nitrogen functional groups attached to an aromatic ring is 1. The van der Waals surface area contributed by atoms with Crippen LogP contribution in [0.5, 0.6) is 5.88 Å². The van der Waals surface area contributed by atoms with E-state index in [1.807, 2.05) is 0 Å². The van der Waals surface area contributed by atoms with Gasteiger partial charge in [-0.1, -0.05) is 19.3 Å². The number of methoxy groups -OCH3 is 1. The largest absolute Gasteiger partial charge is 0.481 e. The van der Waals surface area contributed by atoms with E-state index in [1.165, 1.54) is 32.1 Å². The van der Waals surface area contributed by atoms with Gasteiger partial charge in [-0.25, -0.2) is 0 Å². The maximum Gasteiger partial charge on any atom is 0.215 e. The number of ether oxygens (including phenoxy) is 2. The highest BCUT2D eigenvalue weighted by Crippen LogP contribution is 2.21. The van der Waals surface area contributed by atoms with Gasteiger partial charge in [-0.15, -0.1) is 0 Å². The van der Waals surface area contributed by atoms with Crippen molar-refractivity contribution in [2.24, 2.45) is 0 Å². The van der Waals surface area contributed by atoms with Crippen molar-refractivity contribution in [2.45, 2.75) is 38.2 Å². The molecule has 0 bridgehead atoms. The standard InChI is InChI=1S/C14H23N3O2/c1-18-13-8-7-12(15)14(17-13)16-9-10-19-11-5-3-2-4-6-11/h7-8,11H,2-6,9-10,15H2,1H3,(H,16,17). The molecule has 0 unspecified atom stereocenters. The van der Waals surface area contributed by atoms with Crippen LogP contribution in [0, 0.1) is 0 Å². The Balaban J connectivity index is 1.72. The molecule has 1 aliphatic carbocycles. The Hall–Kier alpha value is -1.49. The molecule has 0 atom stereocenters. The van der Waals surface area contributed by atoms with Gasteiger partial charge in [-0.2, -0.15) is 4.98 Å². The van der Waals surface area contributed by atoms with Crippen molar-refractivity contribution >= 4 is 11.5 Å². The lowest BCUT2D eigenvalue weighted by Gasteiger charge is -2.22. The third-order valence-corrected chi connectivity index (χ3v) is 3.41. The van der Waals surface area contributed by atoms with Crippen LogP contribution in [0.4, 0.5) is 11.5 Å². The molecular weight excluding hydrogens is 242 g/mol. The minimum absolute atomic E-state index is 0.436. The van der Waals surface area contributed by atoms with Crippen LogP contribution in [0.1, 0.15) is 32.1 Å². The zero-order valence-corrected chi connectivity index (χ0v) is 11.5. The minimum Gasteiger partial charge on any atom is -0.481 e. The lowest BCUT2D eigenvalue weighted by atomic mass is 9.98. The lowest BCUT2D eigenvalue weighted by molar-refractivity contribution is 0.0347. The molecule has 2 rings (SSSR count). The molecule has 1 aromatic heterocycles. The van der Waals surface area contributed by atoms with Crippen molar-refractivity contribution < 1.29 is 9.47 Å². The van der Waals surface area contributed by atoms with E-state index in [0.29, 0.717) is 36.6 Å². The summed E-state index contributed by atoms with van der Waals surface area (Å²) in [6.07, 6.45) is 6.76. The molecule has 3 N–H and O–H groups in total. The summed E-state index contributed by atoms with van der Waals surface area (Å²) < 4.78 is 10.9. The first-order chi connectivity index (χ1) is 9.29. The molecule has 1 fully saturated rings. The van der Waals surface area contributed by atoms with Crippen LogP contribution in [0.15, 0.2) is 12.1 Å². The van der Waals surface area contributed by atoms with E-state index in [4.69, 9.17) is 15.2 Å². The maximum atomic E-state index is 5.85. The lowest BCUT2D eigenvalue weighted by Crippen LogP contribution is -2.21. The molecular formula is C14H23N3O2. The fraction of sp³-hybridized carbons (Fsp3) is 0.643. The SMILES string of the molecule is COc1ccc(N)c(NCCOC2CCCCC2)n1. The fourth-order valence-electron chi connectivity index (χ4n) is 2.33. The van der Waals surface area contributed by atoms with Gasteiger partial charge < -0.3 is 20.5 Å². The topological polar surface area (TPSA) is 69.4 Å². The molecule has 0 aliphatic heterocycles. The van der Waals surface area contributed by atoms with Crippen LogP contribution < -0.4 is 15.8 Å². The van der Waals surface area contributed by atoms with Crippen molar-refractivity contribution in [1.29, 1.82) is 0 Å². The van der Waals surface area contributed by atoms with Crippen molar-refractivity contribution in [3.63, 3.8) is 0 Å². The number of nitrogens with zero attached hydrogens (tertiary/aromatic N) is 1. The summed E-state index contributed by atoms with van der Waals surface area (Å²) in [5, 5.41) is 3.19. The summed E-state index contributed by atoms with van der Waals surface area (Å²) in [5.74, 6) is 1.22. The summed E-state index contributed by atoms with van der Waals surface area (Å²) in [5.41, 5.74) is 6.47. The van der Waals surface area contributed by atoms with E-state index < -0.39 is 0 Å². The molecule has 1 heterocycles. The molecule has 0 spiro atoms. The van der Waals surface area contributed by atoms with Gasteiger partial charge in [0.25, 0.3) is 0 Å². The Kier molecular flexibility index (Phi) is 5.27. The monoisotopic (exact) mass is 265 g/mol. The summed E-state index contributed by atoms with van der Waals surface area (Å²) in [4.78, 5) is 4.26. The van der Waals surface area contributed by atoms with Crippen LogP contribution in [0.2, 0.25) is 0 Å². The van der Waals surface area contributed by atoms with E-state index in [1.54, 1.807) is 19.2 Å². The zero-order valence-electron chi connectivity index (χ0n) is 11.5. The van der Waals surface area contributed by atoms with Gasteiger partial charge >= 0.3 is 0 Å². The van der Waals surface area contributed by atoms with Crippen LogP contribution in [0.3, 0.4) is 0 Å². The van der Waals surface area contributed by atoms with E-state index in [9.17, 15) is 0 Å². The summed E-state index contributed by atoms with van der Waals surface area (Å²) in [7, 11) is 1.59. The van der Waals surface area contributed by atoms with Crippen molar-refractivity contribution in [3.05, 3.63) is 12.1 Å². The fourth-order valence-corrected chi connectivity index (χ4v) is 2.33. The number of hydrogen-bond donors (Lipinski definition) is 2. The molecule has 5 heteroatoms. The smallest absolute Gasteiger partial charge is 0.215 e. The summed E-state index contributed by atoms with van der Waals surface area (Å²) in [6.45, 7) is 1.39. The number of aromatic nitrogens is 1. The second kappa shape index (κ2) is 7.19. The number of pyridine rings is 1. The van der Waals surface area contributed by atoms with E-state index in [0.717, 1.165) is 0 Å². The van der Waals surface area contributed by atoms with Gasteiger partial charge in [0.05, 0.1) is 25.5 Å². The first-order valence-electron chi connectivity index (χ1n) is 6.95. The Bertz CT molecular complexity index is 392. The molecule has 19 heavy (non-hydrogen) atoms. The van der Waals surface area contributed by atoms with Gasteiger partial charge in [0.1, 0.15) is 0 Å². The first kappa shape index (κ1) is 13.9. The Morgan fingerprint density at radius 1 is 1.32 bits per heavy atom. The average Bonchev–Trinajstić information content (AvgIpc) is 2.46. The van der Waals surface area contributed by atoms with Gasteiger partial charge in [0.2, 0.25) is 5.88 Å². The number of anilines is 2. The maximum absolute atomic E-state index is 5.85.